The molecular weight excluding hydrogens is 312 g/mol. The zero-order chi connectivity index (χ0) is 12.7. The molecule has 92 valence electrons. The number of thiazole rings is 1. The number of fused-ring (bicyclic) bond motifs is 1. The lowest BCUT2D eigenvalue weighted by molar-refractivity contribution is 1.01. The molecule has 0 bridgehead atoms. The van der Waals surface area contributed by atoms with E-state index in [0.29, 0.717) is 6.54 Å². The van der Waals surface area contributed by atoms with Gasteiger partial charge in [0.1, 0.15) is 10.8 Å². The van der Waals surface area contributed by atoms with Crippen molar-refractivity contribution >= 4 is 38.3 Å². The number of nitrogens with one attached hydrogen (secondary N) is 1. The summed E-state index contributed by atoms with van der Waals surface area (Å²) in [6, 6.07) is 6.11. The molecule has 0 amide bonds. The average molecular weight is 323 g/mol. The molecule has 0 fully saturated rings. The molecule has 0 aliphatic carbocycles. The highest BCUT2D eigenvalue weighted by molar-refractivity contribution is 9.11. The van der Waals surface area contributed by atoms with Gasteiger partial charge in [0.15, 0.2) is 0 Å². The number of rotatable bonds is 2. The van der Waals surface area contributed by atoms with Crippen molar-refractivity contribution in [3.05, 3.63) is 33.5 Å². The summed E-state index contributed by atoms with van der Waals surface area (Å²) < 4.78 is 1.00. The first-order chi connectivity index (χ1) is 8.67. The highest BCUT2D eigenvalue weighted by atomic mass is 79.9. The molecule has 2 aromatic heterocycles. The number of H-pyrrole nitrogens is 1. The molecule has 0 aliphatic heterocycles. The molecule has 3 rings (SSSR count). The largest absolute Gasteiger partial charge is 0.342 e. The monoisotopic (exact) mass is 322 g/mol. The third-order valence-corrected chi connectivity index (χ3v) is 4.57. The number of halogens is 1. The number of hydrogen-bond acceptors (Lipinski definition) is 4. The second-order valence-corrected chi connectivity index (χ2v) is 6.31. The molecule has 6 heteroatoms. The zero-order valence-corrected chi connectivity index (χ0v) is 12.1. The van der Waals surface area contributed by atoms with Crippen LogP contribution in [0.5, 0.6) is 0 Å². The number of imidazole rings is 1. The molecule has 0 saturated carbocycles. The maximum Gasteiger partial charge on any atom is 0.124 e. The van der Waals surface area contributed by atoms with Crippen LogP contribution in [0.1, 0.15) is 11.5 Å². The third kappa shape index (κ3) is 1.96. The quantitative estimate of drug-likeness (QED) is 0.761. The van der Waals surface area contributed by atoms with E-state index in [1.54, 1.807) is 11.3 Å². The summed E-state index contributed by atoms with van der Waals surface area (Å²) >= 11 is 5.08. The van der Waals surface area contributed by atoms with Gasteiger partial charge in [0.25, 0.3) is 0 Å². The van der Waals surface area contributed by atoms with Gasteiger partial charge in [-0.2, -0.15) is 0 Å². The minimum atomic E-state index is 0.447. The van der Waals surface area contributed by atoms with Gasteiger partial charge in [0, 0.05) is 12.1 Å². The number of aryl methyl sites for hydroxylation is 1. The topological polar surface area (TPSA) is 67.6 Å². The normalized spacial score (nSPS) is 11.3. The van der Waals surface area contributed by atoms with Gasteiger partial charge in [-0.1, -0.05) is 0 Å². The maximum absolute atomic E-state index is 5.63. The van der Waals surface area contributed by atoms with Gasteiger partial charge in [-0.25, -0.2) is 9.97 Å². The Morgan fingerprint density at radius 3 is 2.94 bits per heavy atom. The first kappa shape index (κ1) is 11.8. The fourth-order valence-electron chi connectivity index (χ4n) is 1.85. The molecule has 0 saturated heterocycles. The zero-order valence-electron chi connectivity index (χ0n) is 9.70. The second-order valence-electron chi connectivity index (χ2n) is 4.00. The predicted octanol–water partition coefficient (Wildman–Crippen LogP) is 3.22. The molecule has 18 heavy (non-hydrogen) atoms. The van der Waals surface area contributed by atoms with Crippen LogP contribution in [-0.4, -0.2) is 15.0 Å². The van der Waals surface area contributed by atoms with Crippen molar-refractivity contribution in [1.29, 1.82) is 0 Å². The fourth-order valence-corrected chi connectivity index (χ4v) is 3.38. The molecule has 3 N–H and O–H groups in total. The smallest absolute Gasteiger partial charge is 0.124 e. The van der Waals surface area contributed by atoms with Crippen LogP contribution in [-0.2, 0) is 6.54 Å². The number of hydrogen-bond donors (Lipinski definition) is 2. The first-order valence-corrected chi connectivity index (χ1v) is 7.10. The van der Waals surface area contributed by atoms with Crippen molar-refractivity contribution in [2.45, 2.75) is 13.5 Å². The number of aromatic amines is 1. The maximum atomic E-state index is 5.63. The lowest BCUT2D eigenvalue weighted by Gasteiger charge is -1.95. The second kappa shape index (κ2) is 4.46. The van der Waals surface area contributed by atoms with E-state index in [9.17, 15) is 0 Å². The van der Waals surface area contributed by atoms with E-state index in [-0.39, 0.29) is 0 Å². The summed E-state index contributed by atoms with van der Waals surface area (Å²) in [6.07, 6.45) is 0. The van der Waals surface area contributed by atoms with Crippen LogP contribution in [0, 0.1) is 6.92 Å². The Bertz CT molecular complexity index is 716. The van der Waals surface area contributed by atoms with Crippen LogP contribution in [0.4, 0.5) is 0 Å². The molecule has 2 heterocycles. The molecule has 0 spiro atoms. The van der Waals surface area contributed by atoms with Gasteiger partial charge < -0.3 is 10.7 Å². The molecular formula is C12H11BrN4S. The van der Waals surface area contributed by atoms with Crippen molar-refractivity contribution in [1.82, 2.24) is 15.0 Å². The van der Waals surface area contributed by atoms with Crippen molar-refractivity contribution in [3.8, 4) is 10.6 Å². The fraction of sp³-hybridized carbons (Fsp3) is 0.167. The first-order valence-electron chi connectivity index (χ1n) is 5.49. The molecule has 3 aromatic rings. The summed E-state index contributed by atoms with van der Waals surface area (Å²) in [4.78, 5) is 12.1. The standard InChI is InChI=1S/C12H11BrN4S/c1-6-15-8-3-2-7(4-9(8)16-6)12-17-10(5-14)11(13)18-12/h2-4H,5,14H2,1H3,(H,15,16). The lowest BCUT2D eigenvalue weighted by Crippen LogP contribution is -1.96. The Labute approximate surface area is 116 Å². The van der Waals surface area contributed by atoms with Gasteiger partial charge in [-0.3, -0.25) is 0 Å². The minimum absolute atomic E-state index is 0.447. The van der Waals surface area contributed by atoms with Gasteiger partial charge in [0.05, 0.1) is 20.5 Å². The van der Waals surface area contributed by atoms with Crippen LogP contribution in [0.3, 0.4) is 0 Å². The van der Waals surface area contributed by atoms with Gasteiger partial charge in [-0.05, 0) is 41.1 Å². The highest BCUT2D eigenvalue weighted by Crippen LogP contribution is 2.32. The van der Waals surface area contributed by atoms with Gasteiger partial charge in [-0.15, -0.1) is 11.3 Å². The summed E-state index contributed by atoms with van der Waals surface area (Å²) in [5.41, 5.74) is 9.62. The average Bonchev–Trinajstić information content (AvgIpc) is 2.89. The van der Waals surface area contributed by atoms with E-state index >= 15 is 0 Å². The number of nitrogens with zero attached hydrogens (tertiary/aromatic N) is 2. The van der Waals surface area contributed by atoms with Crippen LogP contribution in [0.15, 0.2) is 22.0 Å². The van der Waals surface area contributed by atoms with E-state index in [0.717, 1.165) is 36.9 Å². The molecule has 0 radical (unpaired) electrons. The summed E-state index contributed by atoms with van der Waals surface area (Å²) in [5.74, 6) is 0.921. The molecule has 0 atom stereocenters. The SMILES string of the molecule is Cc1nc2ccc(-c3nc(CN)c(Br)s3)cc2[nH]1. The van der Waals surface area contributed by atoms with Gasteiger partial charge >= 0.3 is 0 Å². The van der Waals surface area contributed by atoms with E-state index in [1.807, 2.05) is 19.1 Å². The molecule has 0 aliphatic rings. The highest BCUT2D eigenvalue weighted by Gasteiger charge is 2.10. The summed E-state index contributed by atoms with van der Waals surface area (Å²) in [6.45, 7) is 2.40. The van der Waals surface area contributed by atoms with Gasteiger partial charge in [0.2, 0.25) is 0 Å². The van der Waals surface area contributed by atoms with Crippen LogP contribution >= 0.6 is 27.3 Å². The number of nitrogens with two attached hydrogens (primary N) is 1. The molecule has 1 aromatic carbocycles. The van der Waals surface area contributed by atoms with Crippen molar-refractivity contribution < 1.29 is 0 Å². The number of benzene rings is 1. The minimum Gasteiger partial charge on any atom is -0.342 e. The Balaban J connectivity index is 2.12. The van der Waals surface area contributed by atoms with Crippen molar-refractivity contribution in [2.75, 3.05) is 0 Å². The Morgan fingerprint density at radius 1 is 1.39 bits per heavy atom. The van der Waals surface area contributed by atoms with E-state index < -0.39 is 0 Å². The van der Waals surface area contributed by atoms with E-state index in [2.05, 4.69) is 36.9 Å². The van der Waals surface area contributed by atoms with Crippen molar-refractivity contribution in [3.63, 3.8) is 0 Å². The Hall–Kier alpha value is -1.24. The Kier molecular flexibility index (Phi) is 2.93. The van der Waals surface area contributed by atoms with Crippen LogP contribution in [0.25, 0.3) is 21.6 Å². The summed E-state index contributed by atoms with van der Waals surface area (Å²) in [7, 11) is 0. The van der Waals surface area contributed by atoms with Crippen LogP contribution < -0.4 is 5.73 Å². The van der Waals surface area contributed by atoms with E-state index in [4.69, 9.17) is 5.73 Å². The Morgan fingerprint density at radius 2 is 2.22 bits per heavy atom. The predicted molar refractivity (Wildman–Crippen MR) is 77.5 cm³/mol. The van der Waals surface area contributed by atoms with E-state index in [1.165, 1.54) is 0 Å². The number of aromatic nitrogens is 3. The van der Waals surface area contributed by atoms with Crippen LogP contribution in [0.2, 0.25) is 0 Å². The van der Waals surface area contributed by atoms with Crippen molar-refractivity contribution in [2.24, 2.45) is 5.73 Å². The lowest BCUT2D eigenvalue weighted by atomic mass is 10.2. The summed E-state index contributed by atoms with van der Waals surface area (Å²) in [5, 5.41) is 0.969. The molecule has 4 nitrogen and oxygen atoms in total. The molecule has 0 unspecified atom stereocenters. The third-order valence-electron chi connectivity index (χ3n) is 2.69.